The van der Waals surface area contributed by atoms with E-state index in [-0.39, 0.29) is 6.04 Å². The summed E-state index contributed by atoms with van der Waals surface area (Å²) in [5.74, 6) is 0. The maximum atomic E-state index is 5.73. The smallest absolute Gasteiger partial charge is 0.0540 e. The van der Waals surface area contributed by atoms with E-state index in [9.17, 15) is 0 Å². The van der Waals surface area contributed by atoms with Crippen LogP contribution in [-0.2, 0) is 6.54 Å². The molecule has 0 fully saturated rings. The quantitative estimate of drug-likeness (QED) is 0.694. The van der Waals surface area contributed by atoms with E-state index in [4.69, 9.17) is 5.73 Å². The van der Waals surface area contributed by atoms with Crippen molar-refractivity contribution in [2.24, 2.45) is 5.73 Å². The highest BCUT2D eigenvalue weighted by Gasteiger charge is 2.07. The summed E-state index contributed by atoms with van der Waals surface area (Å²) in [5, 5.41) is 4.19. The van der Waals surface area contributed by atoms with Gasteiger partial charge in [0.25, 0.3) is 0 Å². The van der Waals surface area contributed by atoms with Crippen LogP contribution in [0.3, 0.4) is 0 Å². The van der Waals surface area contributed by atoms with Crippen LogP contribution in [0.15, 0.2) is 6.20 Å². The minimum atomic E-state index is 0.0929. The summed E-state index contributed by atoms with van der Waals surface area (Å²) < 4.78 is 1.96. The predicted octanol–water partition coefficient (Wildman–Crippen LogP) is 1.23. The largest absolute Gasteiger partial charge is 0.324 e. The second kappa shape index (κ2) is 3.05. The molecule has 3 nitrogen and oxygen atoms in total. The van der Waals surface area contributed by atoms with Gasteiger partial charge in [0, 0.05) is 23.8 Å². The van der Waals surface area contributed by atoms with Gasteiger partial charge in [-0.15, -0.1) is 0 Å². The maximum absolute atomic E-state index is 5.73. The Labute approximate surface area is 67.2 Å². The maximum Gasteiger partial charge on any atom is 0.0540 e. The summed E-state index contributed by atoms with van der Waals surface area (Å²) in [6.07, 6.45) is 1.85. The number of aromatic nitrogens is 2. The Morgan fingerprint density at radius 2 is 2.36 bits per heavy atom. The summed E-state index contributed by atoms with van der Waals surface area (Å²) in [6, 6.07) is 0.0929. The fourth-order valence-electron chi connectivity index (χ4n) is 1.23. The third-order valence-electron chi connectivity index (χ3n) is 1.93. The minimum Gasteiger partial charge on any atom is -0.324 e. The highest BCUT2D eigenvalue weighted by atomic mass is 15.3. The van der Waals surface area contributed by atoms with Crippen molar-refractivity contribution in [1.29, 1.82) is 0 Å². The first-order chi connectivity index (χ1) is 5.16. The first-order valence-electron chi connectivity index (χ1n) is 3.94. The lowest BCUT2D eigenvalue weighted by molar-refractivity contribution is 0.636. The van der Waals surface area contributed by atoms with Crippen LogP contribution in [0.2, 0.25) is 0 Å². The molecule has 1 rings (SSSR count). The molecule has 1 atom stereocenters. The summed E-state index contributed by atoms with van der Waals surface area (Å²) in [7, 11) is 0. The van der Waals surface area contributed by atoms with Gasteiger partial charge in [0.2, 0.25) is 0 Å². The van der Waals surface area contributed by atoms with Crippen LogP contribution in [0.4, 0.5) is 0 Å². The van der Waals surface area contributed by atoms with Crippen molar-refractivity contribution in [1.82, 2.24) is 9.78 Å². The Morgan fingerprint density at radius 1 is 1.73 bits per heavy atom. The SMILES string of the molecule is CCn1ncc([C@H](C)N)c1C. The van der Waals surface area contributed by atoms with Crippen molar-refractivity contribution in [2.75, 3.05) is 0 Å². The van der Waals surface area contributed by atoms with Crippen molar-refractivity contribution in [3.8, 4) is 0 Å². The molecule has 11 heavy (non-hydrogen) atoms. The molecule has 0 aliphatic heterocycles. The van der Waals surface area contributed by atoms with E-state index < -0.39 is 0 Å². The molecule has 1 heterocycles. The molecule has 0 aliphatic carbocycles. The lowest BCUT2D eigenvalue weighted by Crippen LogP contribution is -2.07. The normalized spacial score (nSPS) is 13.5. The summed E-state index contributed by atoms with van der Waals surface area (Å²) in [5.41, 5.74) is 8.06. The lowest BCUT2D eigenvalue weighted by atomic mass is 10.1. The van der Waals surface area contributed by atoms with Crippen molar-refractivity contribution in [2.45, 2.75) is 33.4 Å². The van der Waals surface area contributed by atoms with Crippen molar-refractivity contribution in [3.05, 3.63) is 17.5 Å². The number of hydrogen-bond donors (Lipinski definition) is 1. The van der Waals surface area contributed by atoms with E-state index in [2.05, 4.69) is 18.9 Å². The van der Waals surface area contributed by atoms with Gasteiger partial charge in [-0.05, 0) is 20.8 Å². The molecule has 0 radical (unpaired) electrons. The number of aryl methyl sites for hydroxylation is 1. The van der Waals surface area contributed by atoms with Gasteiger partial charge in [-0.1, -0.05) is 0 Å². The van der Waals surface area contributed by atoms with Gasteiger partial charge in [0.15, 0.2) is 0 Å². The molecule has 0 aliphatic rings. The highest BCUT2D eigenvalue weighted by molar-refractivity contribution is 5.19. The lowest BCUT2D eigenvalue weighted by Gasteiger charge is -2.04. The zero-order valence-corrected chi connectivity index (χ0v) is 7.33. The Kier molecular flexibility index (Phi) is 2.29. The van der Waals surface area contributed by atoms with Crippen LogP contribution in [-0.4, -0.2) is 9.78 Å². The minimum absolute atomic E-state index is 0.0929. The molecule has 2 N–H and O–H groups in total. The molecule has 62 valence electrons. The Hall–Kier alpha value is -0.830. The number of nitrogens with two attached hydrogens (primary N) is 1. The Bertz CT molecular complexity index is 237. The van der Waals surface area contributed by atoms with Gasteiger partial charge < -0.3 is 5.73 Å². The number of nitrogens with zero attached hydrogens (tertiary/aromatic N) is 2. The number of rotatable bonds is 2. The van der Waals surface area contributed by atoms with E-state index >= 15 is 0 Å². The van der Waals surface area contributed by atoms with Crippen LogP contribution in [0.1, 0.15) is 31.1 Å². The molecule has 3 heteroatoms. The highest BCUT2D eigenvalue weighted by Crippen LogP contribution is 2.13. The molecule has 1 aromatic heterocycles. The van der Waals surface area contributed by atoms with Crippen LogP contribution in [0.5, 0.6) is 0 Å². The van der Waals surface area contributed by atoms with Gasteiger partial charge in [-0.3, -0.25) is 4.68 Å². The van der Waals surface area contributed by atoms with Crippen LogP contribution < -0.4 is 5.73 Å². The van der Waals surface area contributed by atoms with Crippen LogP contribution >= 0.6 is 0 Å². The van der Waals surface area contributed by atoms with E-state index in [1.807, 2.05) is 17.8 Å². The third-order valence-corrected chi connectivity index (χ3v) is 1.93. The van der Waals surface area contributed by atoms with Gasteiger partial charge >= 0.3 is 0 Å². The van der Waals surface area contributed by atoms with Crippen LogP contribution in [0, 0.1) is 6.92 Å². The molecule has 0 amide bonds. The average molecular weight is 153 g/mol. The second-order valence-corrected chi connectivity index (χ2v) is 2.79. The zero-order chi connectivity index (χ0) is 8.43. The first kappa shape index (κ1) is 8.27. The van der Waals surface area contributed by atoms with E-state index in [1.165, 1.54) is 5.69 Å². The molecule has 0 unspecified atom stereocenters. The number of hydrogen-bond acceptors (Lipinski definition) is 2. The molecule has 1 aromatic rings. The standard InChI is InChI=1S/C8H15N3/c1-4-11-7(3)8(5-10-11)6(2)9/h5-6H,4,9H2,1-3H3/t6-/m0/s1. The van der Waals surface area contributed by atoms with Crippen molar-refractivity contribution >= 4 is 0 Å². The molecule has 0 saturated carbocycles. The second-order valence-electron chi connectivity index (χ2n) is 2.79. The van der Waals surface area contributed by atoms with Gasteiger partial charge in [0.1, 0.15) is 0 Å². The summed E-state index contributed by atoms with van der Waals surface area (Å²) >= 11 is 0. The fourth-order valence-corrected chi connectivity index (χ4v) is 1.23. The molecule has 0 bridgehead atoms. The Balaban J connectivity index is 3.00. The topological polar surface area (TPSA) is 43.8 Å². The molecule has 0 saturated heterocycles. The van der Waals surface area contributed by atoms with Gasteiger partial charge in [0.05, 0.1) is 6.20 Å². The molecular formula is C8H15N3. The van der Waals surface area contributed by atoms with E-state index in [0.717, 1.165) is 12.1 Å². The van der Waals surface area contributed by atoms with E-state index in [1.54, 1.807) is 0 Å². The fraction of sp³-hybridized carbons (Fsp3) is 0.625. The third kappa shape index (κ3) is 1.43. The molecular weight excluding hydrogens is 138 g/mol. The molecule has 0 spiro atoms. The Morgan fingerprint density at radius 3 is 2.64 bits per heavy atom. The van der Waals surface area contributed by atoms with Crippen LogP contribution in [0.25, 0.3) is 0 Å². The van der Waals surface area contributed by atoms with Gasteiger partial charge in [-0.25, -0.2) is 0 Å². The van der Waals surface area contributed by atoms with Crippen molar-refractivity contribution in [3.63, 3.8) is 0 Å². The zero-order valence-electron chi connectivity index (χ0n) is 7.33. The average Bonchev–Trinajstić information content (AvgIpc) is 2.30. The first-order valence-corrected chi connectivity index (χ1v) is 3.94. The summed E-state index contributed by atoms with van der Waals surface area (Å²) in [4.78, 5) is 0. The summed E-state index contributed by atoms with van der Waals surface area (Å²) in [6.45, 7) is 7.02. The van der Waals surface area contributed by atoms with Gasteiger partial charge in [-0.2, -0.15) is 5.10 Å². The van der Waals surface area contributed by atoms with Crippen molar-refractivity contribution < 1.29 is 0 Å². The predicted molar refractivity (Wildman–Crippen MR) is 45.2 cm³/mol. The van der Waals surface area contributed by atoms with E-state index in [0.29, 0.717) is 0 Å². The molecule has 0 aromatic carbocycles. The monoisotopic (exact) mass is 153 g/mol.